The molecule has 1 fully saturated rings. The number of H-pyrrole nitrogens is 1. The molecule has 1 aliphatic rings. The van der Waals surface area contributed by atoms with Gasteiger partial charge < -0.3 is 11.1 Å². The van der Waals surface area contributed by atoms with Gasteiger partial charge in [-0.1, -0.05) is 5.21 Å². The van der Waals surface area contributed by atoms with Gasteiger partial charge in [-0.3, -0.25) is 4.79 Å². The molecule has 0 aromatic carbocycles. The molecule has 1 aromatic heterocycles. The topological polar surface area (TPSA) is 110 Å². The second kappa shape index (κ2) is 4.56. The number of carbonyl (C=O) groups is 1. The molecule has 7 heteroatoms. The summed E-state index contributed by atoms with van der Waals surface area (Å²) in [4.78, 5) is 11.6. The van der Waals surface area contributed by atoms with Crippen LogP contribution >= 0.6 is 0 Å². The van der Waals surface area contributed by atoms with Crippen LogP contribution in [0.1, 0.15) is 38.1 Å². The molecule has 88 valence electrons. The second-order valence-corrected chi connectivity index (χ2v) is 4.26. The number of nitrogens with one attached hydrogen (secondary N) is 2. The van der Waals surface area contributed by atoms with Gasteiger partial charge in [-0.25, -0.2) is 0 Å². The van der Waals surface area contributed by atoms with Gasteiger partial charge in [0.25, 0.3) is 0 Å². The van der Waals surface area contributed by atoms with Crippen LogP contribution in [0.4, 0.5) is 0 Å². The summed E-state index contributed by atoms with van der Waals surface area (Å²) in [5.74, 6) is 0.955. The Bertz CT molecular complexity index is 347. The summed E-state index contributed by atoms with van der Waals surface area (Å²) in [5.41, 5.74) is 5.86. The summed E-state index contributed by atoms with van der Waals surface area (Å²) in [6.45, 7) is 1.81. The molecule has 1 saturated carbocycles. The lowest BCUT2D eigenvalue weighted by Gasteiger charge is -2.13. The fraction of sp³-hybridized carbons (Fsp3) is 0.778. The minimum Gasteiger partial charge on any atom is -0.346 e. The zero-order chi connectivity index (χ0) is 11.5. The lowest BCUT2D eigenvalue weighted by atomic mass is 10.1. The van der Waals surface area contributed by atoms with E-state index in [9.17, 15) is 4.79 Å². The zero-order valence-electron chi connectivity index (χ0n) is 9.18. The SMILES string of the molecule is CC(NC(=O)CC(N)C1CC1)c1nn[nH]n1. The summed E-state index contributed by atoms with van der Waals surface area (Å²) >= 11 is 0. The Kier molecular flexibility index (Phi) is 3.14. The Morgan fingerprint density at radius 2 is 2.44 bits per heavy atom. The first kappa shape index (κ1) is 11.0. The first-order valence-corrected chi connectivity index (χ1v) is 5.45. The summed E-state index contributed by atoms with van der Waals surface area (Å²) < 4.78 is 0. The molecule has 4 N–H and O–H groups in total. The van der Waals surface area contributed by atoms with Crippen molar-refractivity contribution in [3.8, 4) is 0 Å². The standard InChI is InChI=1S/C9H16N6O/c1-5(9-12-14-15-13-9)11-8(16)4-7(10)6-2-3-6/h5-7H,2-4,10H2,1H3,(H,11,16)(H,12,13,14,15). The number of aromatic amines is 1. The third-order valence-electron chi connectivity index (χ3n) is 2.78. The van der Waals surface area contributed by atoms with Crippen LogP contribution in [0.5, 0.6) is 0 Å². The molecule has 0 spiro atoms. The highest BCUT2D eigenvalue weighted by atomic mass is 16.1. The summed E-state index contributed by atoms with van der Waals surface area (Å²) in [6, 6.07) is -0.255. The lowest BCUT2D eigenvalue weighted by Crippen LogP contribution is -2.34. The van der Waals surface area contributed by atoms with Gasteiger partial charge in [-0.2, -0.15) is 5.21 Å². The van der Waals surface area contributed by atoms with Crippen LogP contribution in [0.2, 0.25) is 0 Å². The molecule has 2 unspecified atom stereocenters. The number of carbonyl (C=O) groups excluding carboxylic acids is 1. The Morgan fingerprint density at radius 3 is 3.00 bits per heavy atom. The Labute approximate surface area is 93.2 Å². The molecule has 2 atom stereocenters. The fourth-order valence-electron chi connectivity index (χ4n) is 1.62. The number of tetrazole rings is 1. The van der Waals surface area contributed by atoms with Gasteiger partial charge in [0.15, 0.2) is 5.82 Å². The summed E-state index contributed by atoms with van der Waals surface area (Å²) in [5, 5.41) is 16.2. The van der Waals surface area contributed by atoms with Gasteiger partial charge in [-0.05, 0) is 25.7 Å². The van der Waals surface area contributed by atoms with E-state index in [0.29, 0.717) is 18.2 Å². The van der Waals surface area contributed by atoms with Crippen LogP contribution in [0.15, 0.2) is 0 Å². The number of rotatable bonds is 5. The maximum atomic E-state index is 11.6. The minimum absolute atomic E-state index is 0.0162. The van der Waals surface area contributed by atoms with Crippen LogP contribution in [-0.2, 0) is 4.79 Å². The minimum atomic E-state index is -0.238. The Balaban J connectivity index is 1.78. The van der Waals surface area contributed by atoms with Crippen LogP contribution in [0.3, 0.4) is 0 Å². The van der Waals surface area contributed by atoms with Crippen molar-refractivity contribution in [1.82, 2.24) is 25.9 Å². The first-order valence-electron chi connectivity index (χ1n) is 5.45. The maximum Gasteiger partial charge on any atom is 0.222 e. The van der Waals surface area contributed by atoms with Crippen molar-refractivity contribution in [3.05, 3.63) is 5.82 Å². The van der Waals surface area contributed by atoms with Crippen LogP contribution in [0, 0.1) is 5.92 Å². The molecular formula is C9H16N6O. The number of hydrogen-bond donors (Lipinski definition) is 3. The average Bonchev–Trinajstić information content (AvgIpc) is 2.93. The van der Waals surface area contributed by atoms with Crippen LogP contribution in [-0.4, -0.2) is 32.6 Å². The molecule has 1 aliphatic carbocycles. The zero-order valence-corrected chi connectivity index (χ0v) is 9.18. The van der Waals surface area contributed by atoms with E-state index in [-0.39, 0.29) is 18.0 Å². The average molecular weight is 224 g/mol. The van der Waals surface area contributed by atoms with E-state index in [1.54, 1.807) is 0 Å². The largest absolute Gasteiger partial charge is 0.346 e. The maximum absolute atomic E-state index is 11.6. The summed E-state index contributed by atoms with van der Waals surface area (Å²) in [7, 11) is 0. The molecule has 16 heavy (non-hydrogen) atoms. The molecule has 1 heterocycles. The van der Waals surface area contributed by atoms with E-state index in [4.69, 9.17) is 5.73 Å². The molecule has 7 nitrogen and oxygen atoms in total. The lowest BCUT2D eigenvalue weighted by molar-refractivity contribution is -0.122. The van der Waals surface area contributed by atoms with Gasteiger partial charge in [-0.15, -0.1) is 10.2 Å². The third kappa shape index (κ3) is 2.75. The number of nitrogens with two attached hydrogens (primary N) is 1. The number of nitrogens with zero attached hydrogens (tertiary/aromatic N) is 3. The van der Waals surface area contributed by atoms with E-state index < -0.39 is 0 Å². The number of aromatic nitrogens is 4. The van der Waals surface area contributed by atoms with Crippen LogP contribution in [0.25, 0.3) is 0 Å². The molecule has 0 bridgehead atoms. The van der Waals surface area contributed by atoms with Crippen molar-refractivity contribution in [2.24, 2.45) is 11.7 Å². The monoisotopic (exact) mass is 224 g/mol. The van der Waals surface area contributed by atoms with Crippen molar-refractivity contribution in [1.29, 1.82) is 0 Å². The highest BCUT2D eigenvalue weighted by Gasteiger charge is 2.30. The van der Waals surface area contributed by atoms with Crippen LogP contribution < -0.4 is 11.1 Å². The molecule has 0 saturated heterocycles. The van der Waals surface area contributed by atoms with Crippen molar-refractivity contribution in [2.45, 2.75) is 38.3 Å². The van der Waals surface area contributed by atoms with E-state index in [2.05, 4.69) is 25.9 Å². The molecule has 1 aromatic rings. The van der Waals surface area contributed by atoms with E-state index in [1.807, 2.05) is 6.92 Å². The number of hydrogen-bond acceptors (Lipinski definition) is 5. The normalized spacial score (nSPS) is 19.1. The number of amides is 1. The molecular weight excluding hydrogens is 208 g/mol. The highest BCUT2D eigenvalue weighted by molar-refractivity contribution is 5.77. The fourth-order valence-corrected chi connectivity index (χ4v) is 1.62. The molecule has 2 rings (SSSR count). The Morgan fingerprint density at radius 1 is 1.69 bits per heavy atom. The molecule has 0 aliphatic heterocycles. The van der Waals surface area contributed by atoms with E-state index in [1.165, 1.54) is 0 Å². The van der Waals surface area contributed by atoms with Gasteiger partial charge in [0.1, 0.15) is 0 Å². The first-order chi connectivity index (χ1) is 7.66. The van der Waals surface area contributed by atoms with Crippen molar-refractivity contribution >= 4 is 5.91 Å². The summed E-state index contributed by atoms with van der Waals surface area (Å²) in [6.07, 6.45) is 2.66. The van der Waals surface area contributed by atoms with Gasteiger partial charge >= 0.3 is 0 Å². The van der Waals surface area contributed by atoms with Crippen molar-refractivity contribution in [2.75, 3.05) is 0 Å². The second-order valence-electron chi connectivity index (χ2n) is 4.26. The predicted octanol–water partition coefficient (Wildman–Crippen LogP) is -0.496. The van der Waals surface area contributed by atoms with E-state index in [0.717, 1.165) is 12.8 Å². The third-order valence-corrected chi connectivity index (χ3v) is 2.78. The molecule has 0 radical (unpaired) electrons. The van der Waals surface area contributed by atoms with Crippen molar-refractivity contribution < 1.29 is 4.79 Å². The smallest absolute Gasteiger partial charge is 0.222 e. The van der Waals surface area contributed by atoms with Gasteiger partial charge in [0.2, 0.25) is 5.91 Å². The Hall–Kier alpha value is -1.50. The predicted molar refractivity (Wildman–Crippen MR) is 56.1 cm³/mol. The quantitative estimate of drug-likeness (QED) is 0.625. The van der Waals surface area contributed by atoms with Gasteiger partial charge in [0.05, 0.1) is 6.04 Å². The molecule has 1 amide bonds. The highest BCUT2D eigenvalue weighted by Crippen LogP contribution is 2.32. The van der Waals surface area contributed by atoms with E-state index >= 15 is 0 Å². The van der Waals surface area contributed by atoms with Crippen molar-refractivity contribution in [3.63, 3.8) is 0 Å². The van der Waals surface area contributed by atoms with Gasteiger partial charge in [0, 0.05) is 12.5 Å².